The number of methoxy groups -OCH3 is 1. The second-order valence-corrected chi connectivity index (χ2v) is 7.47. The van der Waals surface area contributed by atoms with Crippen LogP contribution in [0.4, 0.5) is 11.6 Å². The highest BCUT2D eigenvalue weighted by Gasteiger charge is 2.45. The number of anilines is 2. The molecule has 3 aromatic rings. The van der Waals surface area contributed by atoms with Crippen LogP contribution in [0.5, 0.6) is 17.6 Å². The van der Waals surface area contributed by atoms with Crippen molar-refractivity contribution in [3.8, 4) is 17.6 Å². The number of rotatable bonds is 7. The summed E-state index contributed by atoms with van der Waals surface area (Å²) in [5, 5.41) is 16.5. The lowest BCUT2D eigenvalue weighted by Gasteiger charge is -2.27. The van der Waals surface area contributed by atoms with E-state index in [4.69, 9.17) is 21.1 Å². The summed E-state index contributed by atoms with van der Waals surface area (Å²) < 4.78 is 12.8. The van der Waals surface area contributed by atoms with Gasteiger partial charge in [-0.25, -0.2) is 4.68 Å². The largest absolute Gasteiger partial charge is 0.480 e. The van der Waals surface area contributed by atoms with Crippen molar-refractivity contribution in [1.29, 1.82) is 0 Å². The molecule has 2 atom stereocenters. The van der Waals surface area contributed by atoms with E-state index in [1.165, 1.54) is 5.70 Å². The number of nitrogens with zero attached hydrogens (tertiary/aromatic N) is 6. The normalized spacial score (nSPS) is 19.3. The fourth-order valence-corrected chi connectivity index (χ4v) is 3.90. The van der Waals surface area contributed by atoms with E-state index in [9.17, 15) is 0 Å². The van der Waals surface area contributed by atoms with Crippen LogP contribution in [-0.2, 0) is 6.54 Å². The molecule has 4 heterocycles. The van der Waals surface area contributed by atoms with Gasteiger partial charge in [-0.15, -0.1) is 10.2 Å². The molecule has 154 valence electrons. The number of halogens is 1. The lowest BCUT2D eigenvalue weighted by Crippen LogP contribution is -2.34. The minimum Gasteiger partial charge on any atom is -0.480 e. The molecule has 9 nitrogen and oxygen atoms in total. The summed E-state index contributed by atoms with van der Waals surface area (Å²) in [6.07, 6.45) is 3.98. The maximum atomic E-state index is 6.05. The highest BCUT2D eigenvalue weighted by Crippen LogP contribution is 2.43. The summed E-state index contributed by atoms with van der Waals surface area (Å²) >= 11 is 6.05. The van der Waals surface area contributed by atoms with Crippen molar-refractivity contribution in [2.24, 2.45) is 5.92 Å². The Labute approximate surface area is 178 Å². The Morgan fingerprint density at radius 3 is 3.00 bits per heavy atom. The number of benzene rings is 1. The molecule has 6 rings (SSSR count). The SMILES string of the molecule is CCn1nc(NC2C3=CC2CN3c2cnnc(OC)c2)nc1Oc1cccc(Cl)c1. The summed E-state index contributed by atoms with van der Waals surface area (Å²) in [6.45, 7) is 3.49. The maximum Gasteiger partial charge on any atom is 0.322 e. The van der Waals surface area contributed by atoms with Crippen molar-refractivity contribution < 1.29 is 9.47 Å². The smallest absolute Gasteiger partial charge is 0.322 e. The zero-order valence-corrected chi connectivity index (χ0v) is 17.2. The van der Waals surface area contributed by atoms with E-state index >= 15 is 0 Å². The summed E-state index contributed by atoms with van der Waals surface area (Å²) in [6, 6.07) is 9.64. The Hall–Kier alpha value is -3.33. The van der Waals surface area contributed by atoms with Gasteiger partial charge in [0.15, 0.2) is 0 Å². The van der Waals surface area contributed by atoms with E-state index in [2.05, 4.69) is 36.6 Å². The summed E-state index contributed by atoms with van der Waals surface area (Å²) in [4.78, 5) is 6.75. The molecule has 2 aliphatic heterocycles. The van der Waals surface area contributed by atoms with Gasteiger partial charge in [-0.3, -0.25) is 0 Å². The molecule has 1 saturated heterocycles. The van der Waals surface area contributed by atoms with Crippen LogP contribution in [0.3, 0.4) is 0 Å². The van der Waals surface area contributed by atoms with Gasteiger partial charge in [0.05, 0.1) is 25.0 Å². The quantitative estimate of drug-likeness (QED) is 0.616. The molecule has 3 aliphatic rings. The Morgan fingerprint density at radius 1 is 1.30 bits per heavy atom. The maximum absolute atomic E-state index is 6.05. The number of hydrogen-bond acceptors (Lipinski definition) is 8. The minimum atomic E-state index is 0.135. The van der Waals surface area contributed by atoms with Crippen molar-refractivity contribution in [3.63, 3.8) is 0 Å². The Morgan fingerprint density at radius 2 is 2.20 bits per heavy atom. The minimum absolute atomic E-state index is 0.135. The first-order valence-electron chi connectivity index (χ1n) is 9.65. The lowest BCUT2D eigenvalue weighted by molar-refractivity contribution is 0.392. The molecule has 0 saturated carbocycles. The third kappa shape index (κ3) is 3.30. The monoisotopic (exact) mass is 425 g/mol. The molecule has 2 unspecified atom stereocenters. The van der Waals surface area contributed by atoms with Gasteiger partial charge in [-0.1, -0.05) is 23.7 Å². The van der Waals surface area contributed by atoms with Gasteiger partial charge in [0, 0.05) is 35.8 Å². The molecule has 1 fully saturated rings. The van der Waals surface area contributed by atoms with Crippen molar-refractivity contribution in [2.75, 3.05) is 23.9 Å². The molecular weight excluding hydrogens is 406 g/mol. The van der Waals surface area contributed by atoms with Crippen molar-refractivity contribution in [2.45, 2.75) is 19.5 Å². The predicted molar refractivity (Wildman–Crippen MR) is 112 cm³/mol. The van der Waals surface area contributed by atoms with Gasteiger partial charge in [0.25, 0.3) is 0 Å². The van der Waals surface area contributed by atoms with Gasteiger partial charge < -0.3 is 19.7 Å². The molecule has 0 spiro atoms. The van der Waals surface area contributed by atoms with Crippen LogP contribution in [0.2, 0.25) is 5.02 Å². The average molecular weight is 426 g/mol. The molecule has 1 N–H and O–H groups in total. The molecule has 1 aromatic carbocycles. The van der Waals surface area contributed by atoms with E-state index in [0.717, 1.165) is 12.2 Å². The second kappa shape index (κ2) is 7.49. The summed E-state index contributed by atoms with van der Waals surface area (Å²) in [5.74, 6) is 2.01. The lowest BCUT2D eigenvalue weighted by atomic mass is 9.91. The van der Waals surface area contributed by atoms with E-state index in [1.54, 1.807) is 30.1 Å². The molecule has 1 aliphatic carbocycles. The molecule has 0 radical (unpaired) electrons. The van der Waals surface area contributed by atoms with E-state index in [0.29, 0.717) is 41.1 Å². The fourth-order valence-electron chi connectivity index (χ4n) is 3.72. The molecule has 30 heavy (non-hydrogen) atoms. The van der Waals surface area contributed by atoms with E-state index < -0.39 is 0 Å². The van der Waals surface area contributed by atoms with Gasteiger partial charge >= 0.3 is 6.01 Å². The fraction of sp³-hybridized carbons (Fsp3) is 0.300. The number of hydrogen-bond donors (Lipinski definition) is 1. The highest BCUT2D eigenvalue weighted by atomic mass is 35.5. The third-order valence-electron chi connectivity index (χ3n) is 5.20. The van der Waals surface area contributed by atoms with Crippen LogP contribution in [0, 0.1) is 5.92 Å². The zero-order valence-electron chi connectivity index (χ0n) is 16.5. The van der Waals surface area contributed by atoms with Gasteiger partial charge in [0.1, 0.15) is 5.75 Å². The number of fused-ring (bicyclic) bond motifs is 1. The summed E-state index contributed by atoms with van der Waals surface area (Å²) in [5.41, 5.74) is 2.12. The van der Waals surface area contributed by atoms with Crippen LogP contribution < -0.4 is 19.7 Å². The highest BCUT2D eigenvalue weighted by molar-refractivity contribution is 6.30. The standard InChI is InChI=1S/C20H20ClN7O2/c1-3-28-20(30-15-6-4-5-13(21)8-15)24-19(26-28)23-18-12-7-16(18)27(11-12)14-9-17(29-2)25-22-10-14/h4-10,12,18H,3,11H2,1-2H3,(H,23,26). The molecule has 10 heteroatoms. The van der Waals surface area contributed by atoms with Crippen LogP contribution in [0.25, 0.3) is 0 Å². The van der Waals surface area contributed by atoms with Gasteiger partial charge in [-0.2, -0.15) is 10.1 Å². The second-order valence-electron chi connectivity index (χ2n) is 7.04. The first-order chi connectivity index (χ1) is 14.6. The van der Waals surface area contributed by atoms with Crippen LogP contribution in [-0.4, -0.2) is 44.7 Å². The molecular formula is C20H20ClN7O2. The Kier molecular flexibility index (Phi) is 4.66. The first-order valence-corrected chi connectivity index (χ1v) is 10.0. The molecule has 2 bridgehead atoms. The average Bonchev–Trinajstić information content (AvgIpc) is 3.45. The number of nitrogens with one attached hydrogen (secondary N) is 1. The van der Waals surface area contributed by atoms with Crippen LogP contribution in [0.15, 0.2) is 48.3 Å². The van der Waals surface area contributed by atoms with Gasteiger partial charge in [0.2, 0.25) is 11.8 Å². The van der Waals surface area contributed by atoms with E-state index in [1.807, 2.05) is 25.1 Å². The Balaban J connectivity index is 1.31. The number of aryl methyl sites for hydroxylation is 1. The number of aromatic nitrogens is 5. The van der Waals surface area contributed by atoms with Crippen LogP contribution in [0.1, 0.15) is 6.92 Å². The van der Waals surface area contributed by atoms with Crippen molar-refractivity contribution in [3.05, 3.63) is 53.3 Å². The third-order valence-corrected chi connectivity index (χ3v) is 5.44. The topological polar surface area (TPSA) is 90.2 Å². The Bertz CT molecular complexity index is 1120. The number of ether oxygens (including phenoxy) is 2. The molecule has 0 amide bonds. The van der Waals surface area contributed by atoms with Gasteiger partial charge in [-0.05, 0) is 25.1 Å². The molecule has 2 aromatic heterocycles. The van der Waals surface area contributed by atoms with Crippen molar-refractivity contribution in [1.82, 2.24) is 25.0 Å². The van der Waals surface area contributed by atoms with Crippen molar-refractivity contribution >= 4 is 23.2 Å². The summed E-state index contributed by atoms with van der Waals surface area (Å²) in [7, 11) is 1.58. The first kappa shape index (κ1) is 18.7. The zero-order chi connectivity index (χ0) is 20.7. The van der Waals surface area contributed by atoms with E-state index in [-0.39, 0.29) is 6.04 Å². The van der Waals surface area contributed by atoms with Crippen LogP contribution >= 0.6 is 11.6 Å². The predicted octanol–water partition coefficient (Wildman–Crippen LogP) is 3.36.